The van der Waals surface area contributed by atoms with Gasteiger partial charge in [0.2, 0.25) is 0 Å². The smallest absolute Gasteiger partial charge is 0.327 e. The minimum Gasteiger partial charge on any atom is -0.486 e. The summed E-state index contributed by atoms with van der Waals surface area (Å²) in [6.45, 7) is 1.80. The molecule has 3 heterocycles. The van der Waals surface area contributed by atoms with E-state index in [-0.39, 0.29) is 24.5 Å². The molecule has 1 aromatic carbocycles. The number of fused-ring (bicyclic) bond motifs is 2. The molecule has 1 atom stereocenters. The molecular formula is C15H15ClN2O4. The van der Waals surface area contributed by atoms with E-state index in [4.69, 9.17) is 21.1 Å². The Hall–Kier alpha value is -1.95. The number of carbonyl (C=O) groups is 2. The van der Waals surface area contributed by atoms with Gasteiger partial charge in [0, 0.05) is 6.54 Å². The van der Waals surface area contributed by atoms with Crippen molar-refractivity contribution >= 4 is 23.5 Å². The summed E-state index contributed by atoms with van der Waals surface area (Å²) in [5.41, 5.74) is 0.761. The van der Waals surface area contributed by atoms with Crippen LogP contribution in [0, 0.1) is 0 Å². The zero-order valence-corrected chi connectivity index (χ0v) is 12.6. The van der Waals surface area contributed by atoms with Crippen molar-refractivity contribution in [2.24, 2.45) is 0 Å². The van der Waals surface area contributed by atoms with Crippen LogP contribution in [0.25, 0.3) is 0 Å². The quantitative estimate of drug-likeness (QED) is 0.782. The van der Waals surface area contributed by atoms with E-state index in [0.29, 0.717) is 36.3 Å². The zero-order chi connectivity index (χ0) is 15.3. The zero-order valence-electron chi connectivity index (χ0n) is 11.9. The fraction of sp³-hybridized carbons (Fsp3) is 0.467. The highest BCUT2D eigenvalue weighted by molar-refractivity contribution is 6.32. The van der Waals surface area contributed by atoms with Gasteiger partial charge in [-0.25, -0.2) is 4.79 Å². The topological polar surface area (TPSA) is 59.1 Å². The Morgan fingerprint density at radius 2 is 2.05 bits per heavy atom. The first-order chi connectivity index (χ1) is 10.6. The molecule has 3 aliphatic rings. The first kappa shape index (κ1) is 13.7. The third kappa shape index (κ3) is 2.01. The van der Waals surface area contributed by atoms with E-state index < -0.39 is 0 Å². The first-order valence-corrected chi connectivity index (χ1v) is 7.73. The van der Waals surface area contributed by atoms with Crippen LogP contribution < -0.4 is 9.47 Å². The molecule has 3 aliphatic heterocycles. The van der Waals surface area contributed by atoms with Crippen molar-refractivity contribution in [1.29, 1.82) is 0 Å². The van der Waals surface area contributed by atoms with Crippen LogP contribution in [0.15, 0.2) is 12.1 Å². The monoisotopic (exact) mass is 322 g/mol. The number of imide groups is 1. The number of rotatable bonds is 2. The molecule has 2 fully saturated rings. The summed E-state index contributed by atoms with van der Waals surface area (Å²) >= 11 is 6.20. The van der Waals surface area contributed by atoms with Gasteiger partial charge in [0.15, 0.2) is 11.5 Å². The molecule has 7 heteroatoms. The first-order valence-electron chi connectivity index (χ1n) is 7.35. The van der Waals surface area contributed by atoms with Crippen molar-refractivity contribution < 1.29 is 19.1 Å². The fourth-order valence-corrected chi connectivity index (χ4v) is 3.55. The van der Waals surface area contributed by atoms with Crippen molar-refractivity contribution in [3.8, 4) is 11.5 Å². The van der Waals surface area contributed by atoms with Crippen molar-refractivity contribution in [1.82, 2.24) is 9.80 Å². The summed E-state index contributed by atoms with van der Waals surface area (Å²) < 4.78 is 11.0. The van der Waals surface area contributed by atoms with E-state index in [9.17, 15) is 9.59 Å². The van der Waals surface area contributed by atoms with E-state index in [1.807, 2.05) is 0 Å². The van der Waals surface area contributed by atoms with Gasteiger partial charge in [0.25, 0.3) is 5.91 Å². The molecule has 116 valence electrons. The third-order valence-corrected chi connectivity index (χ3v) is 4.56. The maximum Gasteiger partial charge on any atom is 0.327 e. The summed E-state index contributed by atoms with van der Waals surface area (Å²) in [5, 5.41) is 0.437. The molecule has 0 saturated carbocycles. The molecule has 3 amide bonds. The number of halogens is 1. The average Bonchev–Trinajstić information content (AvgIpc) is 3.07. The Labute approximate surface area is 132 Å². The molecule has 1 unspecified atom stereocenters. The van der Waals surface area contributed by atoms with Crippen LogP contribution in [-0.4, -0.2) is 47.5 Å². The highest BCUT2D eigenvalue weighted by atomic mass is 35.5. The number of benzene rings is 1. The van der Waals surface area contributed by atoms with Gasteiger partial charge in [-0.2, -0.15) is 0 Å². The molecule has 6 nitrogen and oxygen atoms in total. The van der Waals surface area contributed by atoms with Crippen LogP contribution in [0.1, 0.15) is 18.4 Å². The van der Waals surface area contributed by atoms with Crippen molar-refractivity contribution in [2.45, 2.75) is 25.4 Å². The lowest BCUT2D eigenvalue weighted by Gasteiger charge is -2.21. The van der Waals surface area contributed by atoms with Crippen LogP contribution in [0.3, 0.4) is 0 Å². The Bertz CT molecular complexity index is 641. The van der Waals surface area contributed by atoms with Gasteiger partial charge < -0.3 is 14.4 Å². The number of carbonyl (C=O) groups excluding carboxylic acids is 2. The number of hydrogen-bond acceptors (Lipinski definition) is 4. The average molecular weight is 323 g/mol. The lowest BCUT2D eigenvalue weighted by molar-refractivity contribution is -0.128. The highest BCUT2D eigenvalue weighted by Gasteiger charge is 2.47. The summed E-state index contributed by atoms with van der Waals surface area (Å²) in [6.07, 6.45) is 1.65. The molecule has 0 N–H and O–H groups in total. The van der Waals surface area contributed by atoms with Gasteiger partial charge in [-0.1, -0.05) is 11.6 Å². The van der Waals surface area contributed by atoms with Gasteiger partial charge in [-0.05, 0) is 30.5 Å². The van der Waals surface area contributed by atoms with Gasteiger partial charge in [-0.3, -0.25) is 9.69 Å². The molecule has 0 aromatic heterocycles. The van der Waals surface area contributed by atoms with E-state index >= 15 is 0 Å². The molecule has 0 bridgehead atoms. The lowest BCUT2D eigenvalue weighted by Crippen LogP contribution is -2.32. The van der Waals surface area contributed by atoms with Crippen molar-refractivity contribution in [3.05, 3.63) is 22.7 Å². The standard InChI is InChI=1S/C15H15ClN2O4/c16-10-6-9(7-12-13(10)22-5-4-21-12)8-18-14(19)11-2-1-3-17(11)15(18)20/h6-7,11H,1-5,8H2. The second-order valence-corrected chi connectivity index (χ2v) is 6.07. The van der Waals surface area contributed by atoms with E-state index in [2.05, 4.69) is 0 Å². The Morgan fingerprint density at radius 1 is 1.23 bits per heavy atom. The molecule has 22 heavy (non-hydrogen) atoms. The second-order valence-electron chi connectivity index (χ2n) is 5.66. The maximum absolute atomic E-state index is 12.3. The molecule has 1 aromatic rings. The minimum atomic E-state index is -0.278. The Kier molecular flexibility index (Phi) is 3.14. The van der Waals surface area contributed by atoms with Gasteiger partial charge >= 0.3 is 6.03 Å². The maximum atomic E-state index is 12.3. The summed E-state index contributed by atoms with van der Waals surface area (Å²) in [6, 6.07) is 3.02. The predicted molar refractivity (Wildman–Crippen MR) is 78.1 cm³/mol. The summed E-state index contributed by atoms with van der Waals surface area (Å²) in [7, 11) is 0. The minimum absolute atomic E-state index is 0.117. The summed E-state index contributed by atoms with van der Waals surface area (Å²) in [4.78, 5) is 27.6. The van der Waals surface area contributed by atoms with Crippen LogP contribution in [-0.2, 0) is 11.3 Å². The molecule has 0 aliphatic carbocycles. The van der Waals surface area contributed by atoms with Crippen LogP contribution in [0.2, 0.25) is 5.02 Å². The van der Waals surface area contributed by atoms with Crippen molar-refractivity contribution in [2.75, 3.05) is 19.8 Å². The highest BCUT2D eigenvalue weighted by Crippen LogP contribution is 2.39. The van der Waals surface area contributed by atoms with E-state index in [1.165, 1.54) is 4.90 Å². The largest absolute Gasteiger partial charge is 0.486 e. The number of hydrogen-bond donors (Lipinski definition) is 0. The molecular weight excluding hydrogens is 308 g/mol. The fourth-order valence-electron chi connectivity index (χ4n) is 3.27. The van der Waals surface area contributed by atoms with E-state index in [1.54, 1.807) is 17.0 Å². The van der Waals surface area contributed by atoms with Crippen LogP contribution in [0.5, 0.6) is 11.5 Å². The third-order valence-electron chi connectivity index (χ3n) is 4.28. The molecule has 0 radical (unpaired) electrons. The molecule has 0 spiro atoms. The summed E-state index contributed by atoms with van der Waals surface area (Å²) in [5.74, 6) is 0.971. The SMILES string of the molecule is O=C1C2CCCN2C(=O)N1Cc1cc(Cl)c2c(c1)OCCO2. The predicted octanol–water partition coefficient (Wildman–Crippen LogP) is 2.04. The van der Waals surface area contributed by atoms with Crippen molar-refractivity contribution in [3.63, 3.8) is 0 Å². The van der Waals surface area contributed by atoms with E-state index in [0.717, 1.165) is 18.4 Å². The number of urea groups is 1. The molecule has 2 saturated heterocycles. The van der Waals surface area contributed by atoms with Gasteiger partial charge in [-0.15, -0.1) is 0 Å². The van der Waals surface area contributed by atoms with Crippen LogP contribution >= 0.6 is 11.6 Å². The van der Waals surface area contributed by atoms with Gasteiger partial charge in [0.05, 0.1) is 11.6 Å². The number of ether oxygens (including phenoxy) is 2. The number of amides is 3. The lowest BCUT2D eigenvalue weighted by atomic mass is 10.1. The second kappa shape index (κ2) is 5.05. The molecule has 4 rings (SSSR count). The normalized spacial score (nSPS) is 23.2. The Morgan fingerprint density at radius 3 is 2.86 bits per heavy atom. The van der Waals surface area contributed by atoms with Crippen LogP contribution in [0.4, 0.5) is 4.79 Å². The Balaban J connectivity index is 1.60. The number of nitrogens with zero attached hydrogens (tertiary/aromatic N) is 2. The van der Waals surface area contributed by atoms with Gasteiger partial charge in [0.1, 0.15) is 19.3 Å².